The molecule has 3 N–H and O–H groups in total. The van der Waals surface area contributed by atoms with Gasteiger partial charge in [-0.15, -0.1) is 0 Å². The van der Waals surface area contributed by atoms with Crippen LogP contribution in [0.15, 0.2) is 44.4 Å². The molecule has 0 aliphatic carbocycles. The van der Waals surface area contributed by atoms with Gasteiger partial charge in [0.25, 0.3) is 0 Å². The summed E-state index contributed by atoms with van der Waals surface area (Å²) in [6, 6.07) is 6.93. The van der Waals surface area contributed by atoms with Crippen molar-refractivity contribution in [2.75, 3.05) is 0 Å². The lowest BCUT2D eigenvalue weighted by Crippen LogP contribution is -2.27. The summed E-state index contributed by atoms with van der Waals surface area (Å²) >= 11 is 0. The Morgan fingerprint density at radius 1 is 1.19 bits per heavy atom. The first-order valence-electron chi connectivity index (χ1n) is 8.08. The highest BCUT2D eigenvalue weighted by molar-refractivity contribution is 7.89. The van der Waals surface area contributed by atoms with Gasteiger partial charge < -0.3 is 9.52 Å². The minimum Gasteiger partial charge on any atom is -0.478 e. The molecule has 0 spiro atoms. The van der Waals surface area contributed by atoms with E-state index in [4.69, 9.17) is 4.42 Å². The van der Waals surface area contributed by atoms with Gasteiger partial charge in [-0.2, -0.15) is 0 Å². The lowest BCUT2D eigenvalue weighted by Gasteiger charge is -2.17. The molecule has 1 unspecified atom stereocenters. The molecule has 1 heterocycles. The maximum Gasteiger partial charge on any atom is 0.417 e. The average Bonchev–Trinajstić information content (AvgIpc) is 2.92. The lowest BCUT2D eigenvalue weighted by molar-refractivity contribution is 0.0696. The molecule has 0 amide bonds. The molecule has 3 rings (SSSR count). The topological polar surface area (TPSA) is 129 Å². The molecule has 8 nitrogen and oxygen atoms in total. The van der Waals surface area contributed by atoms with Crippen LogP contribution in [-0.4, -0.2) is 24.5 Å². The lowest BCUT2D eigenvalue weighted by atomic mass is 10.1. The third kappa shape index (κ3) is 3.64. The Morgan fingerprint density at radius 3 is 2.56 bits per heavy atom. The van der Waals surface area contributed by atoms with Gasteiger partial charge in [0.05, 0.1) is 16.0 Å². The number of carboxylic acid groups (broad SMARTS) is 1. The van der Waals surface area contributed by atoms with Crippen molar-refractivity contribution in [3.8, 4) is 0 Å². The van der Waals surface area contributed by atoms with Crippen molar-refractivity contribution in [2.45, 2.75) is 31.7 Å². The second-order valence-corrected chi connectivity index (χ2v) is 8.03. The zero-order chi connectivity index (χ0) is 19.9. The minimum atomic E-state index is -3.97. The highest BCUT2D eigenvalue weighted by Crippen LogP contribution is 2.24. The Kier molecular flexibility index (Phi) is 4.66. The summed E-state index contributed by atoms with van der Waals surface area (Å²) < 4.78 is 33.1. The van der Waals surface area contributed by atoms with E-state index < -0.39 is 27.8 Å². The molecule has 1 aromatic heterocycles. The van der Waals surface area contributed by atoms with Crippen LogP contribution in [0.1, 0.15) is 40.0 Å². The minimum absolute atomic E-state index is 0.0656. The van der Waals surface area contributed by atoms with Crippen LogP contribution in [0.5, 0.6) is 0 Å². The molecule has 0 aliphatic rings. The van der Waals surface area contributed by atoms with E-state index >= 15 is 0 Å². The molecule has 0 saturated heterocycles. The van der Waals surface area contributed by atoms with Crippen LogP contribution < -0.4 is 10.5 Å². The van der Waals surface area contributed by atoms with Crippen LogP contribution in [0.25, 0.3) is 11.1 Å². The molecular formula is C18H18N2O6S. The molecule has 9 heteroatoms. The first kappa shape index (κ1) is 18.9. The van der Waals surface area contributed by atoms with Gasteiger partial charge in [-0.25, -0.2) is 22.7 Å². The monoisotopic (exact) mass is 390 g/mol. The van der Waals surface area contributed by atoms with Gasteiger partial charge in [0.1, 0.15) is 0 Å². The van der Waals surface area contributed by atoms with Crippen molar-refractivity contribution in [2.24, 2.45) is 0 Å². The molecule has 1 atom stereocenters. The summed E-state index contributed by atoms with van der Waals surface area (Å²) in [5.41, 5.74) is 2.30. The van der Waals surface area contributed by atoms with Gasteiger partial charge in [0, 0.05) is 6.04 Å². The SMILES string of the molecule is Cc1cc(C)c(S(=O)(=O)NC(C)c2ccc3[nH]c(=O)oc3c2)cc1C(=O)O. The second-order valence-electron chi connectivity index (χ2n) is 6.35. The van der Waals surface area contributed by atoms with Gasteiger partial charge in [-0.1, -0.05) is 12.1 Å². The maximum absolute atomic E-state index is 12.8. The first-order valence-corrected chi connectivity index (χ1v) is 9.56. The van der Waals surface area contributed by atoms with E-state index in [9.17, 15) is 23.1 Å². The van der Waals surface area contributed by atoms with Crippen LogP contribution >= 0.6 is 0 Å². The number of sulfonamides is 1. The third-order valence-electron chi connectivity index (χ3n) is 4.32. The fraction of sp³-hybridized carbons (Fsp3) is 0.222. The molecule has 3 aromatic rings. The molecule has 0 saturated carbocycles. The summed E-state index contributed by atoms with van der Waals surface area (Å²) in [5.74, 6) is -1.78. The number of aryl methyl sites for hydroxylation is 2. The van der Waals surface area contributed by atoms with E-state index in [1.165, 1.54) is 6.07 Å². The van der Waals surface area contributed by atoms with E-state index in [-0.39, 0.29) is 10.5 Å². The molecular weight excluding hydrogens is 372 g/mol. The molecule has 0 bridgehead atoms. The number of benzene rings is 2. The number of aromatic nitrogens is 1. The first-order chi connectivity index (χ1) is 12.6. The highest BCUT2D eigenvalue weighted by atomic mass is 32.2. The van der Waals surface area contributed by atoms with Gasteiger partial charge in [0.2, 0.25) is 10.0 Å². The fourth-order valence-electron chi connectivity index (χ4n) is 2.95. The smallest absolute Gasteiger partial charge is 0.417 e. The fourth-order valence-corrected chi connectivity index (χ4v) is 4.43. The van der Waals surface area contributed by atoms with Crippen LogP contribution in [0.4, 0.5) is 0 Å². The molecule has 2 aromatic carbocycles. The van der Waals surface area contributed by atoms with Gasteiger partial charge in [0.15, 0.2) is 5.58 Å². The summed E-state index contributed by atoms with van der Waals surface area (Å²) in [7, 11) is -3.97. The molecule has 0 aliphatic heterocycles. The van der Waals surface area contributed by atoms with Crippen LogP contribution in [0.3, 0.4) is 0 Å². The number of hydrogen-bond donors (Lipinski definition) is 3. The maximum atomic E-state index is 12.8. The Hall–Kier alpha value is -2.91. The van der Waals surface area contributed by atoms with Crippen molar-refractivity contribution in [3.05, 3.63) is 63.1 Å². The number of oxazole rings is 1. The Balaban J connectivity index is 1.96. The van der Waals surface area contributed by atoms with Crippen LogP contribution in [0.2, 0.25) is 0 Å². The average molecular weight is 390 g/mol. The molecule has 0 fully saturated rings. The Morgan fingerprint density at radius 2 is 1.89 bits per heavy atom. The second kappa shape index (κ2) is 6.67. The number of carbonyl (C=O) groups is 1. The zero-order valence-electron chi connectivity index (χ0n) is 14.9. The summed E-state index contributed by atoms with van der Waals surface area (Å²) in [6.45, 7) is 4.87. The van der Waals surface area contributed by atoms with E-state index in [1.54, 1.807) is 39.0 Å². The number of fused-ring (bicyclic) bond motifs is 1. The summed E-state index contributed by atoms with van der Waals surface area (Å²) in [6.07, 6.45) is 0. The summed E-state index contributed by atoms with van der Waals surface area (Å²) in [4.78, 5) is 25.0. The Bertz CT molecular complexity index is 1210. The van der Waals surface area contributed by atoms with Crippen molar-refractivity contribution in [1.29, 1.82) is 0 Å². The summed E-state index contributed by atoms with van der Waals surface area (Å²) in [5, 5.41) is 9.26. The Labute approximate surface area is 154 Å². The molecule has 142 valence electrons. The van der Waals surface area contributed by atoms with E-state index in [2.05, 4.69) is 9.71 Å². The van der Waals surface area contributed by atoms with Crippen molar-refractivity contribution in [1.82, 2.24) is 9.71 Å². The predicted molar refractivity (Wildman–Crippen MR) is 98.4 cm³/mol. The number of aromatic carboxylic acids is 1. The quantitative estimate of drug-likeness (QED) is 0.614. The largest absolute Gasteiger partial charge is 0.478 e. The van der Waals surface area contributed by atoms with Crippen molar-refractivity contribution in [3.63, 3.8) is 0 Å². The normalized spacial score (nSPS) is 13.0. The molecule has 0 radical (unpaired) electrons. The number of rotatable bonds is 5. The third-order valence-corrected chi connectivity index (χ3v) is 6.00. The number of aromatic amines is 1. The van der Waals surface area contributed by atoms with Gasteiger partial charge >= 0.3 is 11.7 Å². The van der Waals surface area contributed by atoms with E-state index in [1.807, 2.05) is 0 Å². The molecule has 27 heavy (non-hydrogen) atoms. The van der Waals surface area contributed by atoms with Crippen LogP contribution in [0, 0.1) is 13.8 Å². The number of hydrogen-bond acceptors (Lipinski definition) is 5. The van der Waals surface area contributed by atoms with E-state index in [0.29, 0.717) is 27.8 Å². The predicted octanol–water partition coefficient (Wildman–Crippen LogP) is 2.48. The van der Waals surface area contributed by atoms with Crippen LogP contribution in [-0.2, 0) is 10.0 Å². The number of carboxylic acids is 1. The number of H-pyrrole nitrogens is 1. The zero-order valence-corrected chi connectivity index (χ0v) is 15.7. The van der Waals surface area contributed by atoms with E-state index in [0.717, 1.165) is 6.07 Å². The van der Waals surface area contributed by atoms with Gasteiger partial charge in [-0.05, 0) is 55.7 Å². The standard InChI is InChI=1S/C18H18N2O6S/c1-9-6-10(2)16(8-13(9)17(21)22)27(24,25)20-11(3)12-4-5-14-15(7-12)26-18(23)19-14/h4-8,11,20H,1-3H3,(H,19,23)(H,21,22). The highest BCUT2D eigenvalue weighted by Gasteiger charge is 2.23. The number of nitrogens with one attached hydrogen (secondary N) is 2. The van der Waals surface area contributed by atoms with Gasteiger partial charge in [-0.3, -0.25) is 4.98 Å². The van der Waals surface area contributed by atoms with Crippen molar-refractivity contribution < 1.29 is 22.7 Å². The van der Waals surface area contributed by atoms with Crippen molar-refractivity contribution >= 4 is 27.1 Å².